The summed E-state index contributed by atoms with van der Waals surface area (Å²) in [4.78, 5) is 4.34. The highest BCUT2D eigenvalue weighted by Gasteiger charge is 2.06. The fourth-order valence-electron chi connectivity index (χ4n) is 2.40. The van der Waals surface area contributed by atoms with E-state index in [-0.39, 0.29) is 0 Å². The summed E-state index contributed by atoms with van der Waals surface area (Å²) in [6, 6.07) is 16.5. The molecule has 106 valence electrons. The molecule has 0 saturated heterocycles. The Morgan fingerprint density at radius 3 is 2.86 bits per heavy atom. The number of alkyl halides is 1. The molecule has 0 aliphatic rings. The van der Waals surface area contributed by atoms with Crippen molar-refractivity contribution < 1.29 is 4.74 Å². The molecule has 1 aromatic heterocycles. The van der Waals surface area contributed by atoms with E-state index in [1.54, 1.807) is 0 Å². The van der Waals surface area contributed by atoms with Gasteiger partial charge >= 0.3 is 0 Å². The first-order chi connectivity index (χ1) is 10.3. The van der Waals surface area contributed by atoms with Crippen molar-refractivity contribution in [1.82, 2.24) is 4.98 Å². The van der Waals surface area contributed by atoms with Crippen LogP contribution < -0.4 is 4.74 Å². The number of aryl methyl sites for hydroxylation is 1. The van der Waals surface area contributed by atoms with Crippen LogP contribution in [0.1, 0.15) is 16.7 Å². The molecule has 3 heteroatoms. The van der Waals surface area contributed by atoms with Gasteiger partial charge in [0.2, 0.25) is 0 Å². The van der Waals surface area contributed by atoms with Crippen LogP contribution in [0.25, 0.3) is 10.9 Å². The highest BCUT2D eigenvalue weighted by Crippen LogP contribution is 2.26. The van der Waals surface area contributed by atoms with Gasteiger partial charge in [-0.15, -0.1) is 0 Å². The number of benzene rings is 2. The minimum atomic E-state index is 0.565. The topological polar surface area (TPSA) is 22.1 Å². The molecule has 0 radical (unpaired) electrons. The van der Waals surface area contributed by atoms with Gasteiger partial charge in [-0.1, -0.05) is 46.3 Å². The van der Waals surface area contributed by atoms with Crippen LogP contribution in [0, 0.1) is 6.92 Å². The predicted octanol–water partition coefficient (Wildman–Crippen LogP) is 5.02. The lowest BCUT2D eigenvalue weighted by Crippen LogP contribution is -2.00. The molecule has 0 amide bonds. The summed E-state index contributed by atoms with van der Waals surface area (Å²) in [5.74, 6) is 0.973. The number of pyridine rings is 1. The van der Waals surface area contributed by atoms with E-state index < -0.39 is 0 Å². The average molecular weight is 342 g/mol. The Bertz CT molecular complexity index is 770. The van der Waals surface area contributed by atoms with Crippen LogP contribution in [0.2, 0.25) is 0 Å². The Hall–Kier alpha value is -1.87. The lowest BCUT2D eigenvalue weighted by Gasteiger charge is -2.13. The number of nitrogens with zero attached hydrogens (tertiary/aromatic N) is 1. The summed E-state index contributed by atoms with van der Waals surface area (Å²) in [6.45, 7) is 2.64. The van der Waals surface area contributed by atoms with Crippen molar-refractivity contribution in [2.45, 2.75) is 18.9 Å². The molecule has 3 aromatic rings. The standard InChI is InChI=1S/C18H16BrNO/c1-13-4-2-5-16(11-19)18(13)21-12-14-7-8-17-15(10-14)6-3-9-20-17/h2-10H,11-12H2,1H3. The number of hydrogen-bond acceptors (Lipinski definition) is 2. The van der Waals surface area contributed by atoms with E-state index in [0.29, 0.717) is 6.61 Å². The molecule has 0 saturated carbocycles. The van der Waals surface area contributed by atoms with Crippen LogP contribution in [-0.2, 0) is 11.9 Å². The fourth-order valence-corrected chi connectivity index (χ4v) is 2.84. The largest absolute Gasteiger partial charge is 0.488 e. The maximum atomic E-state index is 6.04. The van der Waals surface area contributed by atoms with Crippen LogP contribution in [0.3, 0.4) is 0 Å². The monoisotopic (exact) mass is 341 g/mol. The molecule has 2 nitrogen and oxygen atoms in total. The van der Waals surface area contributed by atoms with Gasteiger partial charge in [-0.3, -0.25) is 4.98 Å². The molecule has 1 heterocycles. The molecule has 0 aliphatic heterocycles. The van der Waals surface area contributed by atoms with Gasteiger partial charge in [0.05, 0.1) is 5.52 Å². The number of hydrogen-bond donors (Lipinski definition) is 0. The summed E-state index contributed by atoms with van der Waals surface area (Å²) < 4.78 is 6.04. The number of ether oxygens (including phenoxy) is 1. The zero-order valence-electron chi connectivity index (χ0n) is 11.8. The molecular weight excluding hydrogens is 326 g/mol. The first-order valence-corrected chi connectivity index (χ1v) is 8.01. The van der Waals surface area contributed by atoms with Gasteiger partial charge in [0.25, 0.3) is 0 Å². The van der Waals surface area contributed by atoms with Crippen LogP contribution in [-0.4, -0.2) is 4.98 Å². The molecule has 3 rings (SSSR count). The summed E-state index contributed by atoms with van der Waals surface area (Å²) in [5, 5.41) is 1.94. The van der Waals surface area contributed by atoms with Crippen LogP contribution in [0.4, 0.5) is 0 Å². The van der Waals surface area contributed by atoms with Crippen molar-refractivity contribution >= 4 is 26.8 Å². The Labute approximate surface area is 132 Å². The fraction of sp³-hybridized carbons (Fsp3) is 0.167. The molecule has 0 unspecified atom stereocenters. The zero-order chi connectivity index (χ0) is 14.7. The first-order valence-electron chi connectivity index (χ1n) is 6.89. The van der Waals surface area contributed by atoms with Gasteiger partial charge in [-0.2, -0.15) is 0 Å². The molecule has 0 bridgehead atoms. The first kappa shape index (κ1) is 14.1. The lowest BCUT2D eigenvalue weighted by molar-refractivity contribution is 0.302. The number of halogens is 1. The van der Waals surface area contributed by atoms with Gasteiger partial charge in [-0.25, -0.2) is 0 Å². The maximum absolute atomic E-state index is 6.04. The molecule has 0 aliphatic carbocycles. The van der Waals surface area contributed by atoms with Gasteiger partial charge in [0, 0.05) is 22.5 Å². The highest BCUT2D eigenvalue weighted by molar-refractivity contribution is 9.08. The van der Waals surface area contributed by atoms with Crippen LogP contribution >= 0.6 is 15.9 Å². The molecular formula is C18H16BrNO. The number of para-hydroxylation sites is 1. The van der Waals surface area contributed by atoms with Gasteiger partial charge in [0.15, 0.2) is 0 Å². The zero-order valence-corrected chi connectivity index (χ0v) is 13.4. The Kier molecular flexibility index (Phi) is 4.20. The minimum Gasteiger partial charge on any atom is -0.488 e. The average Bonchev–Trinajstić information content (AvgIpc) is 2.53. The maximum Gasteiger partial charge on any atom is 0.126 e. The normalized spacial score (nSPS) is 10.8. The van der Waals surface area contributed by atoms with E-state index >= 15 is 0 Å². The Morgan fingerprint density at radius 2 is 2.00 bits per heavy atom. The SMILES string of the molecule is Cc1cccc(CBr)c1OCc1ccc2ncccc2c1. The van der Waals surface area contributed by atoms with Crippen molar-refractivity contribution in [3.63, 3.8) is 0 Å². The van der Waals surface area contributed by atoms with E-state index in [0.717, 1.165) is 33.1 Å². The lowest BCUT2D eigenvalue weighted by atomic mass is 10.1. The number of rotatable bonds is 4. The van der Waals surface area contributed by atoms with E-state index in [9.17, 15) is 0 Å². The third-order valence-electron chi connectivity index (χ3n) is 3.49. The van der Waals surface area contributed by atoms with E-state index in [1.807, 2.05) is 18.3 Å². The van der Waals surface area contributed by atoms with Crippen molar-refractivity contribution in [3.8, 4) is 5.75 Å². The Morgan fingerprint density at radius 1 is 1.10 bits per heavy atom. The number of fused-ring (bicyclic) bond motifs is 1. The van der Waals surface area contributed by atoms with E-state index in [1.165, 1.54) is 5.56 Å². The third-order valence-corrected chi connectivity index (χ3v) is 4.09. The summed E-state index contributed by atoms with van der Waals surface area (Å²) >= 11 is 3.51. The molecule has 0 fully saturated rings. The van der Waals surface area contributed by atoms with E-state index in [4.69, 9.17) is 4.74 Å². The van der Waals surface area contributed by atoms with Crippen molar-refractivity contribution in [2.75, 3.05) is 0 Å². The summed E-state index contributed by atoms with van der Waals surface area (Å²) in [6.07, 6.45) is 1.81. The van der Waals surface area contributed by atoms with Crippen LogP contribution in [0.15, 0.2) is 54.7 Å². The second kappa shape index (κ2) is 6.27. The summed E-state index contributed by atoms with van der Waals surface area (Å²) in [7, 11) is 0. The summed E-state index contributed by atoms with van der Waals surface area (Å²) in [5.41, 5.74) is 4.50. The molecule has 0 N–H and O–H groups in total. The second-order valence-electron chi connectivity index (χ2n) is 5.02. The number of aromatic nitrogens is 1. The van der Waals surface area contributed by atoms with Gasteiger partial charge in [0.1, 0.15) is 12.4 Å². The highest BCUT2D eigenvalue weighted by atomic mass is 79.9. The smallest absolute Gasteiger partial charge is 0.126 e. The quantitative estimate of drug-likeness (QED) is 0.621. The van der Waals surface area contributed by atoms with E-state index in [2.05, 4.69) is 64.2 Å². The second-order valence-corrected chi connectivity index (χ2v) is 5.58. The minimum absolute atomic E-state index is 0.565. The van der Waals surface area contributed by atoms with Crippen molar-refractivity contribution in [2.24, 2.45) is 0 Å². The molecule has 0 atom stereocenters. The molecule has 0 spiro atoms. The molecule has 21 heavy (non-hydrogen) atoms. The Balaban J connectivity index is 1.83. The van der Waals surface area contributed by atoms with Crippen molar-refractivity contribution in [1.29, 1.82) is 0 Å². The van der Waals surface area contributed by atoms with Gasteiger partial charge in [-0.05, 0) is 36.2 Å². The van der Waals surface area contributed by atoms with Crippen LogP contribution in [0.5, 0.6) is 5.75 Å². The molecule has 2 aromatic carbocycles. The van der Waals surface area contributed by atoms with Crippen molar-refractivity contribution in [3.05, 3.63) is 71.4 Å². The predicted molar refractivity (Wildman–Crippen MR) is 89.9 cm³/mol. The third kappa shape index (κ3) is 3.08. The van der Waals surface area contributed by atoms with Gasteiger partial charge < -0.3 is 4.74 Å².